The van der Waals surface area contributed by atoms with Crippen molar-refractivity contribution >= 4 is 22.9 Å². The normalized spacial score (nSPS) is 9.21. The summed E-state index contributed by atoms with van der Waals surface area (Å²) in [5.74, 6) is 5.89. The minimum Gasteiger partial charge on any atom is -0.146 e. The van der Waals surface area contributed by atoms with E-state index in [0.717, 1.165) is 10.6 Å². The second-order valence-electron chi connectivity index (χ2n) is 2.50. The average Bonchev–Trinajstić information content (AvgIpc) is 2.70. The third-order valence-electron chi connectivity index (χ3n) is 1.52. The molecule has 2 rings (SSSR count). The van der Waals surface area contributed by atoms with Gasteiger partial charge in [-0.2, -0.15) is 0 Å². The van der Waals surface area contributed by atoms with E-state index in [9.17, 15) is 0 Å². The van der Waals surface area contributed by atoms with Crippen LogP contribution in [0.3, 0.4) is 0 Å². The second-order valence-corrected chi connectivity index (χ2v) is 3.77. The third-order valence-corrected chi connectivity index (χ3v) is 2.38. The van der Waals surface area contributed by atoms with Gasteiger partial charge >= 0.3 is 0 Å². The molecule has 1 heterocycles. The fraction of sp³-hybridized carbons (Fsp3) is 0. The Hall–Kier alpha value is -1.37. The summed E-state index contributed by atoms with van der Waals surface area (Å²) in [7, 11) is 0. The van der Waals surface area contributed by atoms with Crippen molar-refractivity contribution in [3.8, 4) is 11.8 Å². The van der Waals surface area contributed by atoms with Crippen molar-refractivity contribution in [2.45, 2.75) is 0 Å². The number of aromatic nitrogens is 2. The van der Waals surface area contributed by atoms with Crippen molar-refractivity contribution in [2.24, 2.45) is 0 Å². The van der Waals surface area contributed by atoms with E-state index in [4.69, 9.17) is 11.6 Å². The van der Waals surface area contributed by atoms with Crippen LogP contribution in [0, 0.1) is 11.8 Å². The highest BCUT2D eigenvalue weighted by Gasteiger charge is 1.89. The van der Waals surface area contributed by atoms with Gasteiger partial charge in [0.2, 0.25) is 0 Å². The molecule has 2 nitrogen and oxygen atoms in total. The van der Waals surface area contributed by atoms with Gasteiger partial charge in [-0.1, -0.05) is 28.9 Å². The molecule has 0 saturated heterocycles. The van der Waals surface area contributed by atoms with E-state index in [2.05, 4.69) is 22.0 Å². The Balaban J connectivity index is 2.22. The lowest BCUT2D eigenvalue weighted by Gasteiger charge is -1.88. The van der Waals surface area contributed by atoms with Crippen LogP contribution in [0.2, 0.25) is 5.02 Å². The van der Waals surface area contributed by atoms with Crippen molar-refractivity contribution in [3.05, 3.63) is 45.4 Å². The molecule has 0 amide bonds. The SMILES string of the molecule is Clc1ccc(C#Cc2nncs2)cc1. The van der Waals surface area contributed by atoms with E-state index in [1.165, 1.54) is 11.3 Å². The highest BCUT2D eigenvalue weighted by atomic mass is 35.5. The van der Waals surface area contributed by atoms with Crippen molar-refractivity contribution < 1.29 is 0 Å². The first-order valence-corrected chi connectivity index (χ1v) is 5.14. The summed E-state index contributed by atoms with van der Waals surface area (Å²) < 4.78 is 0. The lowest BCUT2D eigenvalue weighted by molar-refractivity contribution is 1.08. The number of benzene rings is 1. The molecule has 14 heavy (non-hydrogen) atoms. The number of halogens is 1. The zero-order valence-electron chi connectivity index (χ0n) is 7.07. The van der Waals surface area contributed by atoms with Crippen molar-refractivity contribution in [1.82, 2.24) is 10.2 Å². The van der Waals surface area contributed by atoms with Gasteiger partial charge in [0, 0.05) is 10.6 Å². The molecule has 0 atom stereocenters. The maximum Gasteiger partial charge on any atom is 0.191 e. The fourth-order valence-electron chi connectivity index (χ4n) is 0.886. The smallest absolute Gasteiger partial charge is 0.146 e. The zero-order chi connectivity index (χ0) is 9.80. The van der Waals surface area contributed by atoms with Crippen molar-refractivity contribution in [2.75, 3.05) is 0 Å². The molecule has 0 aliphatic heterocycles. The lowest BCUT2D eigenvalue weighted by Crippen LogP contribution is -1.74. The molecule has 68 valence electrons. The molecule has 1 aromatic carbocycles. The van der Waals surface area contributed by atoms with Gasteiger partial charge in [0.1, 0.15) is 5.51 Å². The first-order valence-electron chi connectivity index (χ1n) is 3.88. The molecule has 1 aromatic heterocycles. The Bertz CT molecular complexity index is 465. The quantitative estimate of drug-likeness (QED) is 0.638. The molecule has 0 bridgehead atoms. The van der Waals surface area contributed by atoms with E-state index in [0.29, 0.717) is 5.02 Å². The van der Waals surface area contributed by atoms with E-state index in [1.807, 2.05) is 24.3 Å². The molecule has 2 aromatic rings. The largest absolute Gasteiger partial charge is 0.191 e. The van der Waals surface area contributed by atoms with E-state index in [-0.39, 0.29) is 0 Å². The van der Waals surface area contributed by atoms with Crippen LogP contribution in [0.15, 0.2) is 29.8 Å². The molecule has 0 aliphatic carbocycles. The number of hydrogen-bond acceptors (Lipinski definition) is 3. The predicted molar refractivity (Wildman–Crippen MR) is 57.3 cm³/mol. The van der Waals surface area contributed by atoms with Crippen LogP contribution in [-0.2, 0) is 0 Å². The zero-order valence-corrected chi connectivity index (χ0v) is 8.64. The Kier molecular flexibility index (Phi) is 2.78. The molecule has 0 N–H and O–H groups in total. The van der Waals surface area contributed by atoms with Crippen LogP contribution in [0.4, 0.5) is 0 Å². The summed E-state index contributed by atoms with van der Waals surface area (Å²) in [6, 6.07) is 7.37. The number of rotatable bonds is 0. The molecule has 4 heteroatoms. The molecule has 0 radical (unpaired) electrons. The average molecular weight is 221 g/mol. The number of hydrogen-bond donors (Lipinski definition) is 0. The van der Waals surface area contributed by atoms with Gasteiger partial charge in [0.25, 0.3) is 0 Å². The fourth-order valence-corrected chi connectivity index (χ4v) is 1.41. The lowest BCUT2D eigenvalue weighted by atomic mass is 10.2. The first kappa shape index (κ1) is 9.20. The van der Waals surface area contributed by atoms with Crippen LogP contribution in [-0.4, -0.2) is 10.2 Å². The standard InChI is InChI=1S/C10H5ClN2S/c11-9-4-1-8(2-5-9)3-6-10-13-12-7-14-10/h1-2,4-5,7H. The minimum atomic E-state index is 0.714. The molecule has 0 saturated carbocycles. The molecule has 0 aliphatic rings. The topological polar surface area (TPSA) is 25.8 Å². The number of nitrogens with zero attached hydrogens (tertiary/aromatic N) is 2. The van der Waals surface area contributed by atoms with Gasteiger partial charge in [-0.05, 0) is 30.2 Å². The van der Waals surface area contributed by atoms with Crippen LogP contribution in [0.5, 0.6) is 0 Å². The maximum atomic E-state index is 5.74. The van der Waals surface area contributed by atoms with Crippen molar-refractivity contribution in [1.29, 1.82) is 0 Å². The maximum absolute atomic E-state index is 5.74. The monoisotopic (exact) mass is 220 g/mol. The van der Waals surface area contributed by atoms with E-state index in [1.54, 1.807) is 5.51 Å². The molecule has 0 spiro atoms. The summed E-state index contributed by atoms with van der Waals surface area (Å²) in [6.45, 7) is 0. The minimum absolute atomic E-state index is 0.714. The molecule has 0 unspecified atom stereocenters. The van der Waals surface area contributed by atoms with Gasteiger partial charge in [-0.3, -0.25) is 0 Å². The molecular formula is C10H5ClN2S. The Morgan fingerprint density at radius 2 is 1.93 bits per heavy atom. The summed E-state index contributed by atoms with van der Waals surface area (Å²) in [4.78, 5) is 0. The second kappa shape index (κ2) is 4.23. The Morgan fingerprint density at radius 3 is 2.57 bits per heavy atom. The van der Waals surface area contributed by atoms with Gasteiger partial charge in [-0.25, -0.2) is 0 Å². The van der Waals surface area contributed by atoms with Gasteiger partial charge < -0.3 is 0 Å². The first-order chi connectivity index (χ1) is 6.84. The van der Waals surface area contributed by atoms with Gasteiger partial charge in [-0.15, -0.1) is 10.2 Å². The molecule has 0 fully saturated rings. The van der Waals surface area contributed by atoms with Gasteiger partial charge in [0.15, 0.2) is 5.01 Å². The predicted octanol–water partition coefficient (Wildman–Crippen LogP) is 2.59. The van der Waals surface area contributed by atoms with Crippen LogP contribution in [0.25, 0.3) is 0 Å². The molecular weight excluding hydrogens is 216 g/mol. The Labute approximate surface area is 90.6 Å². The summed E-state index contributed by atoms with van der Waals surface area (Å²) in [6.07, 6.45) is 0. The van der Waals surface area contributed by atoms with Crippen LogP contribution in [0.1, 0.15) is 10.6 Å². The van der Waals surface area contributed by atoms with Crippen molar-refractivity contribution in [3.63, 3.8) is 0 Å². The van der Waals surface area contributed by atoms with E-state index < -0.39 is 0 Å². The summed E-state index contributed by atoms with van der Waals surface area (Å²) >= 11 is 7.17. The highest BCUT2D eigenvalue weighted by molar-refractivity contribution is 7.09. The van der Waals surface area contributed by atoms with E-state index >= 15 is 0 Å². The summed E-state index contributed by atoms with van der Waals surface area (Å²) in [5.41, 5.74) is 2.58. The summed E-state index contributed by atoms with van der Waals surface area (Å²) in [5, 5.41) is 8.95. The van der Waals surface area contributed by atoms with Crippen LogP contribution < -0.4 is 0 Å². The Morgan fingerprint density at radius 1 is 1.14 bits per heavy atom. The van der Waals surface area contributed by atoms with Gasteiger partial charge in [0.05, 0.1) is 0 Å². The highest BCUT2D eigenvalue weighted by Crippen LogP contribution is 2.08. The third kappa shape index (κ3) is 2.32. The van der Waals surface area contributed by atoms with Crippen LogP contribution >= 0.6 is 22.9 Å².